The highest BCUT2D eigenvalue weighted by atomic mass is 35.5. The molecule has 6 heteroatoms. The smallest absolute Gasteiger partial charge is 0.278 e. The Labute approximate surface area is 185 Å². The highest BCUT2D eigenvalue weighted by Gasteiger charge is 2.39. The Morgan fingerprint density at radius 2 is 1.65 bits per heavy atom. The number of halogens is 2. The van der Waals surface area contributed by atoms with Crippen LogP contribution in [0.25, 0.3) is 5.57 Å². The Bertz CT molecular complexity index is 1220. The van der Waals surface area contributed by atoms with Crippen LogP contribution in [0.3, 0.4) is 0 Å². The van der Waals surface area contributed by atoms with Gasteiger partial charge in [-0.15, -0.1) is 0 Å². The van der Waals surface area contributed by atoms with E-state index >= 15 is 0 Å². The third-order valence-corrected chi connectivity index (χ3v) is 5.48. The van der Waals surface area contributed by atoms with Gasteiger partial charge in [0, 0.05) is 16.3 Å². The number of aryl methyl sites for hydroxylation is 2. The number of carbonyl (C=O) groups excluding carboxylic acids is 2. The van der Waals surface area contributed by atoms with Gasteiger partial charge in [-0.2, -0.15) is 0 Å². The quantitative estimate of drug-likeness (QED) is 0.540. The summed E-state index contributed by atoms with van der Waals surface area (Å²) in [6.45, 7) is 3.66. The third kappa shape index (κ3) is 4.09. The molecule has 3 aromatic carbocycles. The molecule has 2 amide bonds. The molecule has 0 radical (unpaired) electrons. The van der Waals surface area contributed by atoms with Crippen molar-refractivity contribution in [2.24, 2.45) is 0 Å². The molecule has 1 heterocycles. The van der Waals surface area contributed by atoms with Crippen molar-refractivity contribution in [2.45, 2.75) is 20.4 Å². The topological polar surface area (TPSA) is 49.4 Å². The Hall–Kier alpha value is -3.44. The number of rotatable bonds is 5. The van der Waals surface area contributed by atoms with E-state index in [0.29, 0.717) is 16.3 Å². The van der Waals surface area contributed by atoms with Crippen LogP contribution in [-0.2, 0) is 16.1 Å². The van der Waals surface area contributed by atoms with Gasteiger partial charge in [0.1, 0.15) is 11.5 Å². The van der Waals surface area contributed by atoms with Crippen molar-refractivity contribution < 1.29 is 14.0 Å². The van der Waals surface area contributed by atoms with Crippen LogP contribution in [0.1, 0.15) is 22.3 Å². The van der Waals surface area contributed by atoms with Gasteiger partial charge >= 0.3 is 0 Å². The molecule has 0 aromatic heterocycles. The maximum Gasteiger partial charge on any atom is 0.278 e. The largest absolute Gasteiger partial charge is 0.350 e. The predicted octanol–water partition coefficient (Wildman–Crippen LogP) is 5.49. The number of amides is 2. The van der Waals surface area contributed by atoms with Crippen molar-refractivity contribution in [2.75, 3.05) is 5.32 Å². The van der Waals surface area contributed by atoms with Crippen LogP contribution < -0.4 is 5.32 Å². The summed E-state index contributed by atoms with van der Waals surface area (Å²) < 4.78 is 14.2. The zero-order valence-corrected chi connectivity index (χ0v) is 17.8. The summed E-state index contributed by atoms with van der Waals surface area (Å²) in [4.78, 5) is 27.7. The zero-order chi connectivity index (χ0) is 22.1. The van der Waals surface area contributed by atoms with E-state index in [1.54, 1.807) is 48.5 Å². The van der Waals surface area contributed by atoms with Crippen molar-refractivity contribution in [3.05, 3.63) is 106 Å². The van der Waals surface area contributed by atoms with Crippen molar-refractivity contribution in [3.63, 3.8) is 0 Å². The summed E-state index contributed by atoms with van der Waals surface area (Å²) in [6.07, 6.45) is 0. The molecule has 156 valence electrons. The monoisotopic (exact) mass is 434 g/mol. The first-order chi connectivity index (χ1) is 14.8. The number of carbonyl (C=O) groups is 2. The van der Waals surface area contributed by atoms with E-state index in [2.05, 4.69) is 5.32 Å². The molecule has 0 aliphatic carbocycles. The molecule has 1 N–H and O–H groups in total. The number of nitrogens with zero attached hydrogens (tertiary/aromatic N) is 1. The minimum atomic E-state index is -0.502. The van der Waals surface area contributed by atoms with Crippen LogP contribution >= 0.6 is 11.6 Å². The average Bonchev–Trinajstić information content (AvgIpc) is 2.96. The number of nitrogens with one attached hydrogen (secondary N) is 1. The third-order valence-electron chi connectivity index (χ3n) is 5.24. The second-order valence-electron chi connectivity index (χ2n) is 7.49. The molecular formula is C25H20ClFN2O2. The average molecular weight is 435 g/mol. The summed E-state index contributed by atoms with van der Waals surface area (Å²) in [5, 5.41) is 3.70. The van der Waals surface area contributed by atoms with Crippen molar-refractivity contribution in [1.82, 2.24) is 4.90 Å². The van der Waals surface area contributed by atoms with E-state index in [0.717, 1.165) is 16.0 Å². The molecule has 1 aliphatic heterocycles. The first kappa shape index (κ1) is 20.8. The molecule has 31 heavy (non-hydrogen) atoms. The normalized spacial score (nSPS) is 13.9. The molecule has 4 nitrogen and oxygen atoms in total. The fourth-order valence-corrected chi connectivity index (χ4v) is 3.75. The van der Waals surface area contributed by atoms with Gasteiger partial charge in [-0.05, 0) is 49.2 Å². The van der Waals surface area contributed by atoms with Crippen LogP contribution in [0.5, 0.6) is 0 Å². The maximum absolute atomic E-state index is 14.2. The number of anilines is 1. The molecule has 0 unspecified atom stereocenters. The summed E-state index contributed by atoms with van der Waals surface area (Å²) in [7, 11) is 0. The highest BCUT2D eigenvalue weighted by Crippen LogP contribution is 2.33. The molecule has 3 aromatic rings. The van der Waals surface area contributed by atoms with Crippen molar-refractivity contribution in [1.29, 1.82) is 0 Å². The predicted molar refractivity (Wildman–Crippen MR) is 120 cm³/mol. The van der Waals surface area contributed by atoms with Gasteiger partial charge in [0.15, 0.2) is 0 Å². The number of benzene rings is 3. The van der Waals surface area contributed by atoms with E-state index in [9.17, 15) is 14.0 Å². The Morgan fingerprint density at radius 3 is 2.32 bits per heavy atom. The summed E-state index contributed by atoms with van der Waals surface area (Å²) >= 11 is 6.05. The lowest BCUT2D eigenvalue weighted by Crippen LogP contribution is -2.32. The molecular weight excluding hydrogens is 415 g/mol. The van der Waals surface area contributed by atoms with Crippen molar-refractivity contribution >= 4 is 34.7 Å². The maximum atomic E-state index is 14.2. The molecule has 0 fully saturated rings. The summed E-state index contributed by atoms with van der Waals surface area (Å²) in [5.41, 5.74) is 3.85. The lowest BCUT2D eigenvalue weighted by atomic mass is 10.0. The molecule has 0 saturated heterocycles. The van der Waals surface area contributed by atoms with E-state index in [4.69, 9.17) is 11.6 Å². The second-order valence-corrected chi connectivity index (χ2v) is 7.92. The lowest BCUT2D eigenvalue weighted by molar-refractivity contribution is -0.137. The van der Waals surface area contributed by atoms with Gasteiger partial charge in [-0.3, -0.25) is 14.5 Å². The zero-order valence-electron chi connectivity index (χ0n) is 17.1. The molecule has 0 bridgehead atoms. The van der Waals surface area contributed by atoms with Gasteiger partial charge in [-0.1, -0.05) is 59.6 Å². The SMILES string of the molecule is Cc1ccc(C2=C(Nc3ccc(Cl)cc3C)C(=O)N(Cc3ccccc3F)C2=O)cc1. The Morgan fingerprint density at radius 1 is 0.935 bits per heavy atom. The van der Waals surface area contributed by atoms with Crippen LogP contribution in [0.2, 0.25) is 5.02 Å². The van der Waals surface area contributed by atoms with Crippen molar-refractivity contribution in [3.8, 4) is 0 Å². The summed E-state index contributed by atoms with van der Waals surface area (Å²) in [6, 6.07) is 18.7. The standard InChI is InChI=1S/C25H20ClFN2O2/c1-15-7-9-17(10-8-15)22-23(28-21-12-11-19(26)13-16(21)2)25(31)29(24(22)30)14-18-5-3-4-6-20(18)27/h3-13,28H,14H2,1-2H3. The van der Waals surface area contributed by atoms with E-state index in [1.807, 2.05) is 26.0 Å². The molecule has 0 spiro atoms. The van der Waals surface area contributed by atoms with E-state index in [-0.39, 0.29) is 23.4 Å². The van der Waals surface area contributed by atoms with Crippen LogP contribution in [0.4, 0.5) is 10.1 Å². The van der Waals surface area contributed by atoms with Crippen LogP contribution in [0.15, 0.2) is 72.4 Å². The summed E-state index contributed by atoms with van der Waals surface area (Å²) in [5.74, 6) is -1.43. The Balaban J connectivity index is 1.77. The first-order valence-electron chi connectivity index (χ1n) is 9.79. The first-order valence-corrected chi connectivity index (χ1v) is 10.2. The molecule has 1 aliphatic rings. The minimum Gasteiger partial charge on any atom is -0.350 e. The fourth-order valence-electron chi connectivity index (χ4n) is 3.52. The van der Waals surface area contributed by atoms with Gasteiger partial charge in [0.25, 0.3) is 11.8 Å². The Kier molecular flexibility index (Phi) is 5.61. The number of imide groups is 1. The van der Waals surface area contributed by atoms with Gasteiger partial charge in [0.2, 0.25) is 0 Å². The fraction of sp³-hybridized carbons (Fsp3) is 0.120. The van der Waals surface area contributed by atoms with Gasteiger partial charge in [-0.25, -0.2) is 4.39 Å². The van der Waals surface area contributed by atoms with Gasteiger partial charge < -0.3 is 5.32 Å². The highest BCUT2D eigenvalue weighted by molar-refractivity contribution is 6.36. The van der Waals surface area contributed by atoms with E-state index < -0.39 is 17.6 Å². The molecule has 0 saturated carbocycles. The number of hydrogen-bond donors (Lipinski definition) is 1. The lowest BCUT2D eigenvalue weighted by Gasteiger charge is -2.16. The number of hydrogen-bond acceptors (Lipinski definition) is 3. The van der Waals surface area contributed by atoms with Crippen LogP contribution in [-0.4, -0.2) is 16.7 Å². The van der Waals surface area contributed by atoms with E-state index in [1.165, 1.54) is 6.07 Å². The van der Waals surface area contributed by atoms with Gasteiger partial charge in [0.05, 0.1) is 12.1 Å². The molecule has 0 atom stereocenters. The van der Waals surface area contributed by atoms with Crippen LogP contribution in [0, 0.1) is 19.7 Å². The minimum absolute atomic E-state index is 0.148. The molecule has 4 rings (SSSR count). The second kappa shape index (κ2) is 8.36.